The Morgan fingerprint density at radius 3 is 2.81 bits per heavy atom. The van der Waals surface area contributed by atoms with Crippen LogP contribution in [0.2, 0.25) is 0 Å². The van der Waals surface area contributed by atoms with Crippen molar-refractivity contribution in [3.8, 4) is 0 Å². The zero-order chi connectivity index (χ0) is 11.0. The first kappa shape index (κ1) is 11.0. The minimum Gasteiger partial charge on any atom is -0.314 e. The normalized spacial score (nSPS) is 44.8. The number of nitrogens with one attached hydrogen (secondary N) is 1. The van der Waals surface area contributed by atoms with Gasteiger partial charge in [0.05, 0.1) is 0 Å². The summed E-state index contributed by atoms with van der Waals surface area (Å²) in [5.74, 6) is 1.97. The molecule has 1 N–H and O–H groups in total. The van der Waals surface area contributed by atoms with E-state index in [0.717, 1.165) is 23.9 Å². The van der Waals surface area contributed by atoms with Gasteiger partial charge in [0, 0.05) is 18.6 Å². The molecule has 3 rings (SSSR count). The zero-order valence-corrected chi connectivity index (χ0v) is 10.6. The average molecular weight is 222 g/mol. The van der Waals surface area contributed by atoms with E-state index in [-0.39, 0.29) is 0 Å². The van der Waals surface area contributed by atoms with Crippen LogP contribution in [0.1, 0.15) is 45.4 Å². The van der Waals surface area contributed by atoms with Crippen LogP contribution in [0.3, 0.4) is 0 Å². The van der Waals surface area contributed by atoms with Crippen molar-refractivity contribution in [2.45, 2.75) is 57.5 Å². The van der Waals surface area contributed by atoms with E-state index in [2.05, 4.69) is 17.1 Å². The SMILES string of the molecule is CC1NCCC1CN1CCCC2CCCC21. The highest BCUT2D eigenvalue weighted by molar-refractivity contribution is 4.92. The van der Waals surface area contributed by atoms with Gasteiger partial charge in [0.1, 0.15) is 0 Å². The quantitative estimate of drug-likeness (QED) is 0.771. The van der Waals surface area contributed by atoms with Gasteiger partial charge in [0.2, 0.25) is 0 Å². The van der Waals surface area contributed by atoms with E-state index < -0.39 is 0 Å². The van der Waals surface area contributed by atoms with Crippen LogP contribution in [0.4, 0.5) is 0 Å². The summed E-state index contributed by atoms with van der Waals surface area (Å²) in [7, 11) is 0. The van der Waals surface area contributed by atoms with E-state index in [1.54, 1.807) is 0 Å². The Labute approximate surface area is 99.8 Å². The van der Waals surface area contributed by atoms with E-state index in [0.29, 0.717) is 0 Å². The van der Waals surface area contributed by atoms with E-state index in [1.807, 2.05) is 0 Å². The standard InChI is InChI=1S/C14H26N2/c1-11-13(7-8-15-11)10-16-9-3-5-12-4-2-6-14(12)16/h11-15H,2-10H2,1H3. The van der Waals surface area contributed by atoms with Crippen molar-refractivity contribution in [1.82, 2.24) is 10.2 Å². The molecule has 2 heterocycles. The molecule has 0 aromatic carbocycles. The molecule has 2 nitrogen and oxygen atoms in total. The third-order valence-corrected chi connectivity index (χ3v) is 5.27. The van der Waals surface area contributed by atoms with Crippen LogP contribution in [0.15, 0.2) is 0 Å². The molecule has 3 fully saturated rings. The van der Waals surface area contributed by atoms with Gasteiger partial charge in [0.25, 0.3) is 0 Å². The van der Waals surface area contributed by atoms with Crippen LogP contribution >= 0.6 is 0 Å². The molecule has 0 amide bonds. The highest BCUT2D eigenvalue weighted by Gasteiger charge is 2.36. The predicted octanol–water partition coefficient (Wildman–Crippen LogP) is 2.25. The lowest BCUT2D eigenvalue weighted by molar-refractivity contribution is 0.0928. The van der Waals surface area contributed by atoms with E-state index >= 15 is 0 Å². The molecule has 1 aliphatic carbocycles. The summed E-state index contributed by atoms with van der Waals surface area (Å²) >= 11 is 0. The van der Waals surface area contributed by atoms with Crippen molar-refractivity contribution in [2.75, 3.05) is 19.6 Å². The lowest BCUT2D eigenvalue weighted by Gasteiger charge is -2.39. The minimum absolute atomic E-state index is 0.752. The van der Waals surface area contributed by atoms with Crippen LogP contribution in [0.5, 0.6) is 0 Å². The number of likely N-dealkylation sites (tertiary alicyclic amines) is 1. The molecule has 16 heavy (non-hydrogen) atoms. The lowest BCUT2D eigenvalue weighted by atomic mass is 9.90. The number of hydrogen-bond donors (Lipinski definition) is 1. The Balaban J connectivity index is 1.60. The topological polar surface area (TPSA) is 15.3 Å². The van der Waals surface area contributed by atoms with Crippen molar-refractivity contribution in [3.05, 3.63) is 0 Å². The van der Waals surface area contributed by atoms with Crippen LogP contribution < -0.4 is 5.32 Å². The molecular formula is C14H26N2. The van der Waals surface area contributed by atoms with Crippen molar-refractivity contribution < 1.29 is 0 Å². The summed E-state index contributed by atoms with van der Waals surface area (Å²) in [6.07, 6.45) is 8.85. The molecule has 2 saturated heterocycles. The molecular weight excluding hydrogens is 196 g/mol. The van der Waals surface area contributed by atoms with Gasteiger partial charge in [-0.05, 0) is 64.0 Å². The number of hydrogen-bond acceptors (Lipinski definition) is 2. The van der Waals surface area contributed by atoms with Gasteiger partial charge in [-0.2, -0.15) is 0 Å². The Kier molecular flexibility index (Phi) is 3.21. The number of fused-ring (bicyclic) bond motifs is 1. The summed E-state index contributed by atoms with van der Waals surface area (Å²) in [5.41, 5.74) is 0. The van der Waals surface area contributed by atoms with Gasteiger partial charge >= 0.3 is 0 Å². The fourth-order valence-electron chi connectivity index (χ4n) is 4.25. The molecule has 0 radical (unpaired) electrons. The van der Waals surface area contributed by atoms with E-state index in [9.17, 15) is 0 Å². The van der Waals surface area contributed by atoms with Crippen molar-refractivity contribution in [2.24, 2.45) is 11.8 Å². The van der Waals surface area contributed by atoms with Crippen molar-refractivity contribution in [1.29, 1.82) is 0 Å². The highest BCUT2D eigenvalue weighted by Crippen LogP contribution is 2.37. The number of piperidine rings is 1. The molecule has 0 aromatic heterocycles. The molecule has 1 saturated carbocycles. The van der Waals surface area contributed by atoms with Crippen LogP contribution in [-0.4, -0.2) is 36.6 Å². The van der Waals surface area contributed by atoms with E-state index in [1.165, 1.54) is 58.2 Å². The molecule has 4 unspecified atom stereocenters. The third kappa shape index (κ3) is 2.02. The summed E-state index contributed by atoms with van der Waals surface area (Å²) < 4.78 is 0. The Morgan fingerprint density at radius 1 is 1.12 bits per heavy atom. The summed E-state index contributed by atoms with van der Waals surface area (Å²) in [6, 6.07) is 1.71. The van der Waals surface area contributed by atoms with Crippen molar-refractivity contribution in [3.63, 3.8) is 0 Å². The summed E-state index contributed by atoms with van der Waals surface area (Å²) in [5, 5.41) is 3.59. The molecule has 92 valence electrons. The maximum absolute atomic E-state index is 3.59. The largest absolute Gasteiger partial charge is 0.314 e. The Hall–Kier alpha value is -0.0800. The monoisotopic (exact) mass is 222 g/mol. The lowest BCUT2D eigenvalue weighted by Crippen LogP contribution is -2.46. The first-order valence-electron chi connectivity index (χ1n) is 7.32. The molecule has 0 bridgehead atoms. The van der Waals surface area contributed by atoms with Gasteiger partial charge in [-0.25, -0.2) is 0 Å². The Bertz CT molecular complexity index is 241. The average Bonchev–Trinajstić information content (AvgIpc) is 2.89. The molecule has 2 heteroatoms. The van der Waals surface area contributed by atoms with Crippen LogP contribution in [0, 0.1) is 11.8 Å². The fourth-order valence-corrected chi connectivity index (χ4v) is 4.25. The Morgan fingerprint density at radius 2 is 2.00 bits per heavy atom. The molecule has 2 aliphatic heterocycles. The highest BCUT2D eigenvalue weighted by atomic mass is 15.2. The first-order chi connectivity index (χ1) is 7.84. The summed E-state index contributed by atoms with van der Waals surface area (Å²) in [6.45, 7) is 6.36. The van der Waals surface area contributed by atoms with Gasteiger partial charge in [-0.3, -0.25) is 4.90 Å². The van der Waals surface area contributed by atoms with Crippen molar-refractivity contribution >= 4 is 0 Å². The zero-order valence-electron chi connectivity index (χ0n) is 10.6. The van der Waals surface area contributed by atoms with Crippen LogP contribution in [-0.2, 0) is 0 Å². The van der Waals surface area contributed by atoms with Gasteiger partial charge < -0.3 is 5.32 Å². The van der Waals surface area contributed by atoms with Gasteiger partial charge in [0.15, 0.2) is 0 Å². The smallest absolute Gasteiger partial charge is 0.0124 e. The molecule has 0 spiro atoms. The fraction of sp³-hybridized carbons (Fsp3) is 1.00. The molecule has 4 atom stereocenters. The minimum atomic E-state index is 0.752. The predicted molar refractivity (Wildman–Crippen MR) is 67.5 cm³/mol. The van der Waals surface area contributed by atoms with Crippen LogP contribution in [0.25, 0.3) is 0 Å². The molecule has 3 aliphatic rings. The van der Waals surface area contributed by atoms with E-state index in [4.69, 9.17) is 0 Å². The maximum atomic E-state index is 3.59. The number of nitrogens with zero attached hydrogens (tertiary/aromatic N) is 1. The van der Waals surface area contributed by atoms with Gasteiger partial charge in [-0.15, -0.1) is 0 Å². The summed E-state index contributed by atoms with van der Waals surface area (Å²) in [4.78, 5) is 2.84. The first-order valence-corrected chi connectivity index (χ1v) is 7.32. The second-order valence-electron chi connectivity index (χ2n) is 6.19. The second-order valence-corrected chi connectivity index (χ2v) is 6.19. The van der Waals surface area contributed by atoms with Gasteiger partial charge in [-0.1, -0.05) is 6.42 Å². The third-order valence-electron chi connectivity index (χ3n) is 5.27. The molecule has 0 aromatic rings. The maximum Gasteiger partial charge on any atom is 0.0124 e. The second kappa shape index (κ2) is 4.66. The number of rotatable bonds is 2.